The molecular formula is C14H14N2O3. The fourth-order valence-electron chi connectivity index (χ4n) is 2.56. The lowest BCUT2D eigenvalue weighted by atomic mass is 10.1. The number of aromatic nitrogens is 2. The summed E-state index contributed by atoms with van der Waals surface area (Å²) in [6, 6.07) is 1.93. The van der Waals surface area contributed by atoms with Crippen LogP contribution in [0.1, 0.15) is 28.5 Å². The van der Waals surface area contributed by atoms with Crippen LogP contribution in [0.25, 0.3) is 11.0 Å². The van der Waals surface area contributed by atoms with Gasteiger partial charge in [-0.3, -0.25) is 14.6 Å². The van der Waals surface area contributed by atoms with Crippen LogP contribution in [0.3, 0.4) is 0 Å². The summed E-state index contributed by atoms with van der Waals surface area (Å²) in [6.45, 7) is 4.86. The predicted octanol–water partition coefficient (Wildman–Crippen LogP) is 1.44. The zero-order valence-corrected chi connectivity index (χ0v) is 10.9. The number of rotatable bonds is 1. The molecule has 2 aromatic rings. The average Bonchev–Trinajstić information content (AvgIpc) is 2.38. The summed E-state index contributed by atoms with van der Waals surface area (Å²) in [6.07, 6.45) is 1.65. The fourth-order valence-corrected chi connectivity index (χ4v) is 2.56. The third-order valence-corrected chi connectivity index (χ3v) is 3.40. The number of carbonyl (C=O) groups excluding carboxylic acids is 1. The van der Waals surface area contributed by atoms with Gasteiger partial charge in [0.15, 0.2) is 5.78 Å². The number of Topliss-reactive ketones (excluding diaryl/α,β-unsaturated/α-hetero) is 1. The minimum atomic E-state index is -0.292. The highest BCUT2D eigenvalue weighted by molar-refractivity contribution is 5.98. The van der Waals surface area contributed by atoms with Gasteiger partial charge in [-0.15, -0.1) is 0 Å². The van der Waals surface area contributed by atoms with E-state index >= 15 is 0 Å². The van der Waals surface area contributed by atoms with Gasteiger partial charge in [0, 0.05) is 12.7 Å². The van der Waals surface area contributed by atoms with Gasteiger partial charge in [-0.25, -0.2) is 0 Å². The molecule has 98 valence electrons. The molecule has 0 bridgehead atoms. The Kier molecular flexibility index (Phi) is 2.71. The van der Waals surface area contributed by atoms with Crippen molar-refractivity contribution in [2.24, 2.45) is 0 Å². The fraction of sp³-hybridized carbons (Fsp3) is 0.357. The Morgan fingerprint density at radius 3 is 3.00 bits per heavy atom. The van der Waals surface area contributed by atoms with Crippen LogP contribution in [0.15, 0.2) is 17.1 Å². The van der Waals surface area contributed by atoms with Gasteiger partial charge in [0.1, 0.15) is 5.52 Å². The summed E-state index contributed by atoms with van der Waals surface area (Å²) < 4.78 is 7.37. The number of nitrogens with zero attached hydrogens (tertiary/aromatic N) is 2. The first-order valence-electron chi connectivity index (χ1n) is 6.20. The SMILES string of the molecule is CC(=O)c1c2n(c3cc(C)cnc3c1=O)CCOC2. The second-order valence-electron chi connectivity index (χ2n) is 4.79. The number of ether oxygens (including phenoxy) is 1. The van der Waals surface area contributed by atoms with E-state index in [1.165, 1.54) is 6.92 Å². The van der Waals surface area contributed by atoms with Crippen molar-refractivity contribution in [3.05, 3.63) is 39.3 Å². The van der Waals surface area contributed by atoms with Crippen molar-refractivity contribution in [1.82, 2.24) is 9.55 Å². The highest BCUT2D eigenvalue weighted by Gasteiger charge is 2.22. The molecule has 1 aliphatic rings. The summed E-state index contributed by atoms with van der Waals surface area (Å²) >= 11 is 0. The topological polar surface area (TPSA) is 61.2 Å². The molecule has 0 atom stereocenters. The van der Waals surface area contributed by atoms with Crippen LogP contribution in [0.2, 0.25) is 0 Å². The number of hydrogen-bond acceptors (Lipinski definition) is 4. The molecule has 19 heavy (non-hydrogen) atoms. The average molecular weight is 258 g/mol. The second kappa shape index (κ2) is 4.28. The summed E-state index contributed by atoms with van der Waals surface area (Å²) in [5.41, 5.74) is 2.73. The molecular weight excluding hydrogens is 244 g/mol. The summed E-state index contributed by atoms with van der Waals surface area (Å²) in [5.74, 6) is -0.233. The predicted molar refractivity (Wildman–Crippen MR) is 70.4 cm³/mol. The van der Waals surface area contributed by atoms with E-state index in [2.05, 4.69) is 4.98 Å². The first-order chi connectivity index (χ1) is 9.09. The van der Waals surface area contributed by atoms with Crippen LogP contribution in [0, 0.1) is 6.92 Å². The minimum Gasteiger partial charge on any atom is -0.373 e. The molecule has 0 N–H and O–H groups in total. The van der Waals surface area contributed by atoms with Gasteiger partial charge < -0.3 is 9.30 Å². The molecule has 3 heterocycles. The van der Waals surface area contributed by atoms with Gasteiger partial charge in [-0.1, -0.05) is 0 Å². The first-order valence-corrected chi connectivity index (χ1v) is 6.20. The molecule has 1 aliphatic heterocycles. The zero-order valence-electron chi connectivity index (χ0n) is 10.9. The molecule has 3 rings (SSSR count). The molecule has 2 aromatic heterocycles. The van der Waals surface area contributed by atoms with Crippen molar-refractivity contribution in [1.29, 1.82) is 0 Å². The lowest BCUT2D eigenvalue weighted by Gasteiger charge is -2.23. The molecule has 0 unspecified atom stereocenters. The Bertz CT molecular complexity index is 746. The monoisotopic (exact) mass is 258 g/mol. The van der Waals surface area contributed by atoms with Gasteiger partial charge in [0.25, 0.3) is 0 Å². The van der Waals surface area contributed by atoms with Crippen LogP contribution in [-0.4, -0.2) is 21.9 Å². The zero-order chi connectivity index (χ0) is 13.6. The highest BCUT2D eigenvalue weighted by Crippen LogP contribution is 2.20. The quantitative estimate of drug-likeness (QED) is 0.726. The van der Waals surface area contributed by atoms with Crippen molar-refractivity contribution in [2.75, 3.05) is 6.61 Å². The Morgan fingerprint density at radius 2 is 2.26 bits per heavy atom. The van der Waals surface area contributed by atoms with Crippen molar-refractivity contribution in [3.63, 3.8) is 0 Å². The standard InChI is InChI=1S/C14H14N2O3/c1-8-5-10-13(15-6-8)14(18)12(9(2)17)11-7-19-4-3-16(10)11/h5-6H,3-4,7H2,1-2H3. The number of aryl methyl sites for hydroxylation is 1. The maximum absolute atomic E-state index is 12.4. The van der Waals surface area contributed by atoms with E-state index in [1.54, 1.807) is 6.20 Å². The molecule has 5 nitrogen and oxygen atoms in total. The summed E-state index contributed by atoms with van der Waals surface area (Å²) in [5, 5.41) is 0. The van der Waals surface area contributed by atoms with Crippen LogP contribution in [0.4, 0.5) is 0 Å². The number of hydrogen-bond donors (Lipinski definition) is 0. The maximum atomic E-state index is 12.4. The number of ketones is 1. The van der Waals surface area contributed by atoms with Gasteiger partial charge in [0.05, 0.1) is 30.0 Å². The van der Waals surface area contributed by atoms with Gasteiger partial charge >= 0.3 is 0 Å². The van der Waals surface area contributed by atoms with E-state index in [1.807, 2.05) is 17.6 Å². The normalized spacial score (nSPS) is 14.4. The highest BCUT2D eigenvalue weighted by atomic mass is 16.5. The lowest BCUT2D eigenvalue weighted by Crippen LogP contribution is -2.28. The summed E-state index contributed by atoms with van der Waals surface area (Å²) in [4.78, 5) is 28.4. The van der Waals surface area contributed by atoms with E-state index in [9.17, 15) is 9.59 Å². The van der Waals surface area contributed by atoms with Crippen molar-refractivity contribution in [3.8, 4) is 0 Å². The lowest BCUT2D eigenvalue weighted by molar-refractivity contribution is 0.0824. The largest absolute Gasteiger partial charge is 0.373 e. The van der Waals surface area contributed by atoms with Crippen LogP contribution >= 0.6 is 0 Å². The third kappa shape index (κ3) is 1.77. The van der Waals surface area contributed by atoms with Gasteiger partial charge in [0.2, 0.25) is 5.43 Å². The Balaban J connectivity index is 2.51. The molecule has 0 aromatic carbocycles. The Morgan fingerprint density at radius 1 is 1.47 bits per heavy atom. The maximum Gasteiger partial charge on any atom is 0.218 e. The minimum absolute atomic E-state index is 0.212. The third-order valence-electron chi connectivity index (χ3n) is 3.40. The molecule has 0 radical (unpaired) electrons. The van der Waals surface area contributed by atoms with E-state index in [4.69, 9.17) is 4.74 Å². The smallest absolute Gasteiger partial charge is 0.218 e. The van der Waals surface area contributed by atoms with E-state index in [0.717, 1.165) is 11.1 Å². The van der Waals surface area contributed by atoms with Gasteiger partial charge in [-0.05, 0) is 25.5 Å². The van der Waals surface area contributed by atoms with Gasteiger partial charge in [-0.2, -0.15) is 0 Å². The molecule has 5 heteroatoms. The van der Waals surface area contributed by atoms with Crippen LogP contribution < -0.4 is 5.43 Å². The first kappa shape index (κ1) is 12.0. The van der Waals surface area contributed by atoms with E-state index < -0.39 is 0 Å². The molecule has 0 saturated carbocycles. The second-order valence-corrected chi connectivity index (χ2v) is 4.79. The Labute approximate surface area is 109 Å². The van der Waals surface area contributed by atoms with E-state index in [-0.39, 0.29) is 16.8 Å². The van der Waals surface area contributed by atoms with Crippen LogP contribution in [0.5, 0.6) is 0 Å². The van der Waals surface area contributed by atoms with Crippen molar-refractivity contribution < 1.29 is 9.53 Å². The molecule has 0 amide bonds. The summed E-state index contributed by atoms with van der Waals surface area (Å²) in [7, 11) is 0. The molecule has 0 aliphatic carbocycles. The molecule has 0 fully saturated rings. The van der Waals surface area contributed by atoms with E-state index in [0.29, 0.717) is 31.0 Å². The molecule has 0 spiro atoms. The Hall–Kier alpha value is -2.01. The number of pyridine rings is 2. The molecule has 0 saturated heterocycles. The number of fused-ring (bicyclic) bond motifs is 3. The number of carbonyl (C=O) groups is 1. The van der Waals surface area contributed by atoms with Crippen molar-refractivity contribution >= 4 is 16.8 Å². The van der Waals surface area contributed by atoms with Crippen LogP contribution in [-0.2, 0) is 17.9 Å². The van der Waals surface area contributed by atoms with Crippen molar-refractivity contribution in [2.45, 2.75) is 27.0 Å².